The zero-order chi connectivity index (χ0) is 44.0. The third-order valence-corrected chi connectivity index (χ3v) is 13.6. The van der Waals surface area contributed by atoms with Gasteiger partial charge in [0.15, 0.2) is 0 Å². The number of fused-ring (bicyclic) bond motifs is 5. The Kier molecular flexibility index (Phi) is 9.95. The number of hydrogen-bond donors (Lipinski definition) is 0. The minimum absolute atomic E-state index is 1.04. The molecule has 312 valence electrons. The van der Waals surface area contributed by atoms with Gasteiger partial charge in [0.25, 0.3) is 0 Å². The molecule has 12 rings (SSSR count). The summed E-state index contributed by atoms with van der Waals surface area (Å²) in [6.45, 7) is 2.15. The second-order valence-corrected chi connectivity index (χ2v) is 17.5. The van der Waals surface area contributed by atoms with Crippen LogP contribution < -0.4 is 4.90 Å². The molecule has 0 amide bonds. The lowest BCUT2D eigenvalue weighted by molar-refractivity contribution is 0.987. The smallest absolute Gasteiger partial charge is 0.0464 e. The monoisotopic (exact) mass is 841 g/mol. The summed E-state index contributed by atoms with van der Waals surface area (Å²) in [6, 6.07) is 80.2. The van der Waals surface area contributed by atoms with Crippen molar-refractivity contribution in [2.75, 3.05) is 4.90 Å². The molecular formula is C65H47N. The minimum Gasteiger partial charge on any atom is -0.310 e. The second-order valence-electron chi connectivity index (χ2n) is 17.5. The van der Waals surface area contributed by atoms with E-state index in [1.165, 1.54) is 104 Å². The molecule has 1 heteroatoms. The van der Waals surface area contributed by atoms with Crippen LogP contribution in [0.4, 0.5) is 17.1 Å². The van der Waals surface area contributed by atoms with Crippen LogP contribution in [0.15, 0.2) is 224 Å². The van der Waals surface area contributed by atoms with Crippen molar-refractivity contribution in [2.45, 2.75) is 19.8 Å². The van der Waals surface area contributed by atoms with Gasteiger partial charge >= 0.3 is 0 Å². The molecule has 11 aromatic carbocycles. The molecule has 0 radical (unpaired) electrons. The van der Waals surface area contributed by atoms with E-state index in [2.05, 4.69) is 255 Å². The van der Waals surface area contributed by atoms with E-state index in [9.17, 15) is 0 Å². The van der Waals surface area contributed by atoms with Gasteiger partial charge in [0.1, 0.15) is 0 Å². The van der Waals surface area contributed by atoms with Gasteiger partial charge in [0.2, 0.25) is 0 Å². The van der Waals surface area contributed by atoms with E-state index < -0.39 is 0 Å². The summed E-state index contributed by atoms with van der Waals surface area (Å²) in [4.78, 5) is 2.34. The van der Waals surface area contributed by atoms with E-state index in [-0.39, 0.29) is 0 Å². The molecule has 0 heterocycles. The van der Waals surface area contributed by atoms with Gasteiger partial charge in [-0.25, -0.2) is 0 Å². The van der Waals surface area contributed by atoms with Gasteiger partial charge < -0.3 is 4.90 Å². The van der Waals surface area contributed by atoms with Crippen LogP contribution in [0.5, 0.6) is 0 Å². The first-order valence-electron chi connectivity index (χ1n) is 23.1. The fraction of sp³-hybridized carbons (Fsp3) is 0.0462. The molecule has 0 saturated heterocycles. The van der Waals surface area contributed by atoms with Crippen molar-refractivity contribution >= 4 is 78.4 Å². The predicted molar refractivity (Wildman–Crippen MR) is 285 cm³/mol. The van der Waals surface area contributed by atoms with E-state index in [1.54, 1.807) is 0 Å². The highest BCUT2D eigenvalue weighted by molar-refractivity contribution is 6.24. The molecule has 0 fully saturated rings. The zero-order valence-electron chi connectivity index (χ0n) is 37.0. The Bertz CT molecular complexity index is 3640. The molecule has 0 atom stereocenters. The van der Waals surface area contributed by atoms with Crippen molar-refractivity contribution in [3.8, 4) is 33.4 Å². The maximum atomic E-state index is 2.35. The lowest BCUT2D eigenvalue weighted by atomic mass is 9.84. The second kappa shape index (κ2) is 16.7. The number of anilines is 3. The van der Waals surface area contributed by atoms with Crippen molar-refractivity contribution in [3.05, 3.63) is 252 Å². The first-order chi connectivity index (χ1) is 32.7. The quantitative estimate of drug-likeness (QED) is 0.109. The Balaban J connectivity index is 0.958. The van der Waals surface area contributed by atoms with Gasteiger partial charge in [-0.05, 0) is 160 Å². The molecule has 0 spiro atoms. The van der Waals surface area contributed by atoms with Crippen molar-refractivity contribution in [1.82, 2.24) is 0 Å². The van der Waals surface area contributed by atoms with Gasteiger partial charge in [-0.15, -0.1) is 0 Å². The molecule has 1 aliphatic carbocycles. The number of hydrogen-bond acceptors (Lipinski definition) is 1. The van der Waals surface area contributed by atoms with Gasteiger partial charge in [0.05, 0.1) is 0 Å². The number of benzene rings is 11. The van der Waals surface area contributed by atoms with Gasteiger partial charge in [-0.1, -0.05) is 206 Å². The fourth-order valence-corrected chi connectivity index (χ4v) is 10.6. The Labute approximate surface area is 386 Å². The number of allylic oxidation sites excluding steroid dienone is 1. The minimum atomic E-state index is 1.04. The Morgan fingerprint density at radius 3 is 1.70 bits per heavy atom. The molecular weight excluding hydrogens is 795 g/mol. The van der Waals surface area contributed by atoms with E-state index in [0.29, 0.717) is 0 Å². The Morgan fingerprint density at radius 1 is 0.394 bits per heavy atom. The molecule has 0 aliphatic heterocycles. The lowest BCUT2D eigenvalue weighted by Crippen LogP contribution is -2.09. The molecule has 1 aliphatic rings. The first kappa shape index (κ1) is 39.3. The van der Waals surface area contributed by atoms with Gasteiger partial charge in [-0.3, -0.25) is 0 Å². The number of aryl methyl sites for hydroxylation is 1. The third-order valence-electron chi connectivity index (χ3n) is 13.6. The largest absolute Gasteiger partial charge is 0.310 e. The Morgan fingerprint density at radius 2 is 0.955 bits per heavy atom. The van der Waals surface area contributed by atoms with Crippen LogP contribution in [0.3, 0.4) is 0 Å². The van der Waals surface area contributed by atoms with Crippen LogP contribution in [0.1, 0.15) is 34.2 Å². The molecule has 1 nitrogen and oxygen atoms in total. The lowest BCUT2D eigenvalue weighted by Gasteiger charge is -2.26. The average molecular weight is 842 g/mol. The number of para-hydroxylation sites is 1. The fourth-order valence-electron chi connectivity index (χ4n) is 10.6. The van der Waals surface area contributed by atoms with Gasteiger partial charge in [-0.2, -0.15) is 0 Å². The molecule has 0 saturated carbocycles. The SMILES string of the molecule is Cc1cccc(N(c2ccccc2)c2ccc(-c3c4ccccc4c(-c4ccc(C=Cc5ccc(-c6cccc7ccccc67)c6c5C=CCC6)c5ccccc45)c4ccccc34)cc2)c1. The summed E-state index contributed by atoms with van der Waals surface area (Å²) in [5.74, 6) is 0. The molecule has 66 heavy (non-hydrogen) atoms. The first-order valence-corrected chi connectivity index (χ1v) is 23.1. The predicted octanol–water partition coefficient (Wildman–Crippen LogP) is 18.2. The standard InChI is InChI=1S/C65H47N/c1-44-17-15-22-51(43-44)66(49-20-3-2-4-21-49)50-39-35-48(36-40-50)64-59-28-11-13-30-61(59)65(62-31-14-12-29-60(62)64)63-42-38-47(54-25-8-10-27-57(54)63)34-33-46-37-41-58(55-26-9-7-24-53(46)55)56-32-16-19-45-18-5-6-23-52(45)56/h2-8,10-25,27-43H,9,26H2,1H3. The normalized spacial score (nSPS) is 12.4. The molecule has 0 unspecified atom stereocenters. The summed E-state index contributed by atoms with van der Waals surface area (Å²) in [5.41, 5.74) is 17.5. The van der Waals surface area contributed by atoms with Crippen LogP contribution in [0.25, 0.3) is 94.7 Å². The topological polar surface area (TPSA) is 3.24 Å². The maximum absolute atomic E-state index is 2.35. The zero-order valence-corrected chi connectivity index (χ0v) is 37.0. The number of rotatable bonds is 8. The maximum Gasteiger partial charge on any atom is 0.0464 e. The van der Waals surface area contributed by atoms with Crippen molar-refractivity contribution in [2.24, 2.45) is 0 Å². The van der Waals surface area contributed by atoms with E-state index >= 15 is 0 Å². The molecule has 0 aromatic heterocycles. The summed E-state index contributed by atoms with van der Waals surface area (Å²) in [5, 5.41) is 10.1. The van der Waals surface area contributed by atoms with Crippen LogP contribution in [0, 0.1) is 6.92 Å². The van der Waals surface area contributed by atoms with Crippen LogP contribution in [-0.4, -0.2) is 0 Å². The van der Waals surface area contributed by atoms with Crippen molar-refractivity contribution in [3.63, 3.8) is 0 Å². The van der Waals surface area contributed by atoms with Crippen molar-refractivity contribution in [1.29, 1.82) is 0 Å². The van der Waals surface area contributed by atoms with Crippen LogP contribution in [0.2, 0.25) is 0 Å². The molecule has 0 bridgehead atoms. The highest BCUT2D eigenvalue weighted by Crippen LogP contribution is 2.47. The third kappa shape index (κ3) is 6.89. The van der Waals surface area contributed by atoms with E-state index in [1.807, 2.05) is 0 Å². The highest BCUT2D eigenvalue weighted by Gasteiger charge is 2.20. The molecule has 0 N–H and O–H groups in total. The molecule has 11 aromatic rings. The summed E-state index contributed by atoms with van der Waals surface area (Å²) < 4.78 is 0. The highest BCUT2D eigenvalue weighted by atomic mass is 15.1. The van der Waals surface area contributed by atoms with E-state index in [4.69, 9.17) is 0 Å². The van der Waals surface area contributed by atoms with Gasteiger partial charge in [0, 0.05) is 17.1 Å². The van der Waals surface area contributed by atoms with Crippen LogP contribution in [-0.2, 0) is 6.42 Å². The number of nitrogens with zero attached hydrogens (tertiary/aromatic N) is 1. The average Bonchev–Trinajstić information content (AvgIpc) is 3.38. The summed E-state index contributed by atoms with van der Waals surface area (Å²) in [6.07, 6.45) is 11.4. The van der Waals surface area contributed by atoms with Crippen molar-refractivity contribution < 1.29 is 0 Å². The van der Waals surface area contributed by atoms with E-state index in [0.717, 1.165) is 29.9 Å². The van der Waals surface area contributed by atoms with Crippen LogP contribution >= 0.6 is 0 Å². The Hall–Kier alpha value is -8.26. The summed E-state index contributed by atoms with van der Waals surface area (Å²) in [7, 11) is 0. The summed E-state index contributed by atoms with van der Waals surface area (Å²) >= 11 is 0.